The maximum atomic E-state index is 10.3. The molecule has 0 saturated carbocycles. The van der Waals surface area contributed by atoms with E-state index in [1.165, 1.54) is 0 Å². The normalized spacial score (nSPS) is 20.8. The lowest BCUT2D eigenvalue weighted by Crippen LogP contribution is -1.91. The molecule has 0 amide bonds. The van der Waals surface area contributed by atoms with Gasteiger partial charge in [0.2, 0.25) is 0 Å². The van der Waals surface area contributed by atoms with E-state index in [4.69, 9.17) is 9.84 Å². The summed E-state index contributed by atoms with van der Waals surface area (Å²) in [5, 5.41) is 8.50. The van der Waals surface area contributed by atoms with Crippen LogP contribution >= 0.6 is 0 Å². The number of ether oxygens (including phenoxy) is 1. The zero-order valence-corrected chi connectivity index (χ0v) is 15.3. The van der Waals surface area contributed by atoms with Gasteiger partial charge in [0.05, 0.1) is 12.2 Å². The van der Waals surface area contributed by atoms with Crippen molar-refractivity contribution in [1.29, 1.82) is 0 Å². The third-order valence-electron chi connectivity index (χ3n) is 3.91. The Labute approximate surface area is 152 Å². The van der Waals surface area contributed by atoms with E-state index in [9.17, 15) is 4.79 Å². The molecule has 138 valence electrons. The number of hydrogen-bond donors (Lipinski definition) is 1. The highest BCUT2D eigenvalue weighted by atomic mass is 16.6. The molecular weight excluding hydrogens is 312 g/mol. The van der Waals surface area contributed by atoms with E-state index in [0.29, 0.717) is 18.6 Å². The molecule has 3 heteroatoms. The van der Waals surface area contributed by atoms with Crippen molar-refractivity contribution >= 4 is 5.97 Å². The van der Waals surface area contributed by atoms with Crippen LogP contribution < -0.4 is 0 Å². The van der Waals surface area contributed by atoms with Gasteiger partial charge in [0.1, 0.15) is 0 Å². The van der Waals surface area contributed by atoms with Gasteiger partial charge in [-0.3, -0.25) is 4.79 Å². The van der Waals surface area contributed by atoms with Gasteiger partial charge < -0.3 is 9.84 Å². The smallest absolute Gasteiger partial charge is 0.303 e. The first-order chi connectivity index (χ1) is 12.2. The Morgan fingerprint density at radius 3 is 1.72 bits per heavy atom. The molecule has 0 unspecified atom stereocenters. The molecule has 0 aliphatic carbocycles. The predicted octanol–water partition coefficient (Wildman–Crippen LogP) is 5.76. The van der Waals surface area contributed by atoms with Gasteiger partial charge in [-0.15, -0.1) is 0 Å². The first-order valence-electron chi connectivity index (χ1n) is 9.36. The summed E-state index contributed by atoms with van der Waals surface area (Å²) in [6.45, 7) is 2.17. The second-order valence-electron chi connectivity index (χ2n) is 6.09. The Hall–Kier alpha value is -1.87. The average molecular weight is 344 g/mol. The lowest BCUT2D eigenvalue weighted by molar-refractivity contribution is -0.136. The number of hydrogen-bond acceptors (Lipinski definition) is 2. The molecule has 1 saturated heterocycles. The largest absolute Gasteiger partial charge is 0.481 e. The minimum atomic E-state index is -0.742. The lowest BCUT2D eigenvalue weighted by Gasteiger charge is -1.87. The minimum Gasteiger partial charge on any atom is -0.481 e. The standard InChI is InChI=1S/C22H32O3/c1-2-20-21(25-20)18-16-14-12-10-8-6-4-3-5-7-9-11-13-15-17-19-22(23)24/h3-4,7-10,13-16,20-21H,2,5-6,11-12,17-19H2,1H3,(H,23,24)/t20-,21+/m0/s1. The molecule has 1 aliphatic rings. The summed E-state index contributed by atoms with van der Waals surface area (Å²) >= 11 is 0. The van der Waals surface area contributed by atoms with Crippen molar-refractivity contribution in [3.8, 4) is 0 Å². The molecule has 0 aromatic carbocycles. The van der Waals surface area contributed by atoms with Crippen LogP contribution in [0.15, 0.2) is 60.8 Å². The second kappa shape index (κ2) is 14.5. The third-order valence-corrected chi connectivity index (χ3v) is 3.91. The van der Waals surface area contributed by atoms with Crippen LogP contribution in [0.25, 0.3) is 0 Å². The van der Waals surface area contributed by atoms with E-state index in [-0.39, 0.29) is 6.42 Å². The molecule has 1 fully saturated rings. The quantitative estimate of drug-likeness (QED) is 0.322. The van der Waals surface area contributed by atoms with Gasteiger partial charge in [-0.25, -0.2) is 0 Å². The molecule has 0 radical (unpaired) electrons. The Kier molecular flexibility index (Phi) is 12.3. The molecule has 0 aromatic heterocycles. The van der Waals surface area contributed by atoms with E-state index in [1.807, 2.05) is 12.2 Å². The SMILES string of the molecule is CC[C@@H]1O[C@@H]1CC=CCC=CCC=CCC=CCC=CCCC(=O)O. The first kappa shape index (κ1) is 21.2. The van der Waals surface area contributed by atoms with Gasteiger partial charge >= 0.3 is 5.97 Å². The fraction of sp³-hybridized carbons (Fsp3) is 0.500. The van der Waals surface area contributed by atoms with Crippen LogP contribution in [0.4, 0.5) is 0 Å². The molecule has 2 atom stereocenters. The highest BCUT2D eigenvalue weighted by molar-refractivity contribution is 5.66. The molecule has 25 heavy (non-hydrogen) atoms. The average Bonchev–Trinajstić information content (AvgIpc) is 3.36. The van der Waals surface area contributed by atoms with Crippen molar-refractivity contribution in [2.24, 2.45) is 0 Å². The number of rotatable bonds is 14. The summed E-state index contributed by atoms with van der Waals surface area (Å²) in [6, 6.07) is 0. The van der Waals surface area contributed by atoms with Gasteiger partial charge in [-0.2, -0.15) is 0 Å². The summed E-state index contributed by atoms with van der Waals surface area (Å²) in [4.78, 5) is 10.3. The van der Waals surface area contributed by atoms with Crippen molar-refractivity contribution in [3.05, 3.63) is 60.8 Å². The van der Waals surface area contributed by atoms with Crippen molar-refractivity contribution in [2.75, 3.05) is 0 Å². The number of carboxylic acid groups (broad SMARTS) is 1. The van der Waals surface area contributed by atoms with E-state index in [0.717, 1.165) is 38.5 Å². The van der Waals surface area contributed by atoms with Crippen LogP contribution in [0.5, 0.6) is 0 Å². The molecular formula is C22H32O3. The molecule has 1 rings (SSSR count). The van der Waals surface area contributed by atoms with Gasteiger partial charge in [-0.05, 0) is 44.9 Å². The van der Waals surface area contributed by atoms with Crippen molar-refractivity contribution < 1.29 is 14.6 Å². The van der Waals surface area contributed by atoms with E-state index >= 15 is 0 Å². The zero-order valence-electron chi connectivity index (χ0n) is 15.3. The van der Waals surface area contributed by atoms with Crippen LogP contribution in [0.1, 0.15) is 58.3 Å². The predicted molar refractivity (Wildman–Crippen MR) is 105 cm³/mol. The van der Waals surface area contributed by atoms with Crippen LogP contribution in [0.3, 0.4) is 0 Å². The number of aliphatic carboxylic acids is 1. The Morgan fingerprint density at radius 2 is 1.28 bits per heavy atom. The fourth-order valence-electron chi connectivity index (χ4n) is 2.38. The number of allylic oxidation sites excluding steroid dienone is 9. The van der Waals surface area contributed by atoms with Crippen LogP contribution in [0, 0.1) is 0 Å². The van der Waals surface area contributed by atoms with Gasteiger partial charge in [0, 0.05) is 6.42 Å². The monoisotopic (exact) mass is 344 g/mol. The van der Waals surface area contributed by atoms with Crippen molar-refractivity contribution in [1.82, 2.24) is 0 Å². The Bertz CT molecular complexity index is 497. The fourth-order valence-corrected chi connectivity index (χ4v) is 2.38. The van der Waals surface area contributed by atoms with E-state index < -0.39 is 5.97 Å². The van der Waals surface area contributed by atoms with Crippen LogP contribution in [0.2, 0.25) is 0 Å². The van der Waals surface area contributed by atoms with Gasteiger partial charge in [0.25, 0.3) is 0 Å². The molecule has 0 bridgehead atoms. The maximum absolute atomic E-state index is 10.3. The summed E-state index contributed by atoms with van der Waals surface area (Å²) in [5.74, 6) is -0.742. The second-order valence-corrected chi connectivity index (χ2v) is 6.09. The van der Waals surface area contributed by atoms with Crippen molar-refractivity contribution in [2.45, 2.75) is 70.5 Å². The third kappa shape index (κ3) is 13.1. The summed E-state index contributed by atoms with van der Waals surface area (Å²) in [6.07, 6.45) is 29.1. The van der Waals surface area contributed by atoms with E-state index in [2.05, 4.69) is 55.5 Å². The summed E-state index contributed by atoms with van der Waals surface area (Å²) in [5.41, 5.74) is 0. The molecule has 0 aromatic rings. The molecule has 1 aliphatic heterocycles. The lowest BCUT2D eigenvalue weighted by atomic mass is 10.2. The minimum absolute atomic E-state index is 0.209. The molecule has 1 N–H and O–H groups in total. The highest BCUT2D eigenvalue weighted by Crippen LogP contribution is 2.28. The number of epoxide rings is 1. The maximum Gasteiger partial charge on any atom is 0.303 e. The topological polar surface area (TPSA) is 49.8 Å². The number of carboxylic acids is 1. The Balaban J connectivity index is 1.91. The van der Waals surface area contributed by atoms with Gasteiger partial charge in [-0.1, -0.05) is 67.7 Å². The molecule has 3 nitrogen and oxygen atoms in total. The zero-order chi connectivity index (χ0) is 18.2. The summed E-state index contributed by atoms with van der Waals surface area (Å²) < 4.78 is 5.49. The van der Waals surface area contributed by atoms with Crippen LogP contribution in [-0.4, -0.2) is 23.3 Å². The summed E-state index contributed by atoms with van der Waals surface area (Å²) in [7, 11) is 0. The van der Waals surface area contributed by atoms with Crippen molar-refractivity contribution in [3.63, 3.8) is 0 Å². The van der Waals surface area contributed by atoms with E-state index in [1.54, 1.807) is 0 Å². The first-order valence-corrected chi connectivity index (χ1v) is 9.36. The Morgan fingerprint density at radius 1 is 0.800 bits per heavy atom. The molecule has 0 spiro atoms. The number of carbonyl (C=O) groups is 1. The highest BCUT2D eigenvalue weighted by Gasteiger charge is 2.35. The molecule has 1 heterocycles. The van der Waals surface area contributed by atoms with Gasteiger partial charge in [0.15, 0.2) is 0 Å². The van der Waals surface area contributed by atoms with Crippen LogP contribution in [-0.2, 0) is 9.53 Å².